The maximum Gasteiger partial charge on any atom is 0.240 e. The van der Waals surface area contributed by atoms with Gasteiger partial charge in [0.2, 0.25) is 10.0 Å². The van der Waals surface area contributed by atoms with Crippen LogP contribution in [0.25, 0.3) is 0 Å². The van der Waals surface area contributed by atoms with E-state index in [1.165, 1.54) is 12.1 Å². The highest BCUT2D eigenvalue weighted by atomic mass is 32.2. The normalized spacial score (nSPS) is 15.9. The van der Waals surface area contributed by atoms with Crippen LogP contribution in [0.3, 0.4) is 0 Å². The highest BCUT2D eigenvalue weighted by Gasteiger charge is 2.28. The van der Waals surface area contributed by atoms with E-state index in [-0.39, 0.29) is 17.5 Å². The summed E-state index contributed by atoms with van der Waals surface area (Å²) in [6.07, 6.45) is 3.46. The van der Waals surface area contributed by atoms with Crippen molar-refractivity contribution in [3.63, 3.8) is 0 Å². The number of benzene rings is 2. The van der Waals surface area contributed by atoms with Crippen LogP contribution < -0.4 is 14.4 Å². The lowest BCUT2D eigenvalue weighted by molar-refractivity contribution is 0.186. The summed E-state index contributed by atoms with van der Waals surface area (Å²) in [6.45, 7) is 3.23. The number of para-hydroxylation sites is 2. The van der Waals surface area contributed by atoms with Gasteiger partial charge < -0.3 is 9.64 Å². The van der Waals surface area contributed by atoms with E-state index in [4.69, 9.17) is 4.74 Å². The molecule has 1 aromatic heterocycles. The van der Waals surface area contributed by atoms with E-state index >= 15 is 0 Å². The third-order valence-electron chi connectivity index (χ3n) is 5.84. The van der Waals surface area contributed by atoms with Gasteiger partial charge in [-0.15, -0.1) is 0 Å². The van der Waals surface area contributed by atoms with Gasteiger partial charge in [-0.05, 0) is 48.0 Å². The van der Waals surface area contributed by atoms with E-state index in [2.05, 4.69) is 19.5 Å². The molecule has 0 bridgehead atoms. The van der Waals surface area contributed by atoms with Gasteiger partial charge in [0.05, 0.1) is 23.7 Å². The molecule has 0 saturated carbocycles. The Hall–Kier alpha value is -3.01. The summed E-state index contributed by atoms with van der Waals surface area (Å²) in [7, 11) is -2.10. The zero-order valence-corrected chi connectivity index (χ0v) is 19.2. The first-order valence-electron chi connectivity index (χ1n) is 10.7. The highest BCUT2D eigenvalue weighted by Crippen LogP contribution is 2.30. The first-order chi connectivity index (χ1) is 16.0. The summed E-state index contributed by atoms with van der Waals surface area (Å²) in [4.78, 5) is 8.80. The van der Waals surface area contributed by atoms with E-state index in [1.807, 2.05) is 36.4 Å². The van der Waals surface area contributed by atoms with Crippen molar-refractivity contribution in [2.24, 2.45) is 0 Å². The minimum Gasteiger partial charge on any atom is -0.495 e. The standard InChI is InChI=1S/C24H27FN4O3S/c1-32-24-7-3-2-6-22(24)28-13-15-29(16-14-28)23(19-5-4-12-26-17-19)18-27-33(30,31)21-10-8-20(25)9-11-21/h2-12,17,23,27H,13-16,18H2,1H3/t23-/m1/s1. The number of hydrogen-bond donors (Lipinski definition) is 1. The molecule has 0 unspecified atom stereocenters. The Balaban J connectivity index is 1.48. The van der Waals surface area contributed by atoms with Crippen molar-refractivity contribution < 1.29 is 17.5 Å². The Kier molecular flexibility index (Phi) is 7.22. The number of pyridine rings is 1. The zero-order chi connectivity index (χ0) is 23.3. The molecule has 0 amide bonds. The molecule has 0 aliphatic carbocycles. The second-order valence-electron chi connectivity index (χ2n) is 7.80. The first kappa shape index (κ1) is 23.2. The lowest BCUT2D eigenvalue weighted by atomic mass is 10.1. The fourth-order valence-electron chi connectivity index (χ4n) is 4.08. The van der Waals surface area contributed by atoms with E-state index in [1.54, 1.807) is 19.5 Å². The molecule has 1 aliphatic rings. The van der Waals surface area contributed by atoms with Crippen LogP contribution in [0.15, 0.2) is 78.0 Å². The van der Waals surface area contributed by atoms with Gasteiger partial charge in [-0.2, -0.15) is 0 Å². The predicted molar refractivity (Wildman–Crippen MR) is 125 cm³/mol. The molecule has 2 heterocycles. The van der Waals surface area contributed by atoms with E-state index in [0.29, 0.717) is 0 Å². The van der Waals surface area contributed by atoms with E-state index in [0.717, 1.165) is 55.3 Å². The van der Waals surface area contributed by atoms with Crippen molar-refractivity contribution in [1.29, 1.82) is 0 Å². The summed E-state index contributed by atoms with van der Waals surface area (Å²) >= 11 is 0. The van der Waals surface area contributed by atoms with Crippen LogP contribution in [0, 0.1) is 5.82 Å². The average molecular weight is 471 g/mol. The number of aromatic nitrogens is 1. The van der Waals surface area contributed by atoms with Crippen molar-refractivity contribution in [1.82, 2.24) is 14.6 Å². The smallest absolute Gasteiger partial charge is 0.240 e. The van der Waals surface area contributed by atoms with Gasteiger partial charge >= 0.3 is 0 Å². The predicted octanol–water partition coefficient (Wildman–Crippen LogP) is 3.07. The molecule has 0 spiro atoms. The summed E-state index contributed by atoms with van der Waals surface area (Å²) in [5, 5.41) is 0. The average Bonchev–Trinajstić information content (AvgIpc) is 2.85. The lowest BCUT2D eigenvalue weighted by Gasteiger charge is -2.40. The van der Waals surface area contributed by atoms with Crippen LogP contribution in [0.2, 0.25) is 0 Å². The quantitative estimate of drug-likeness (QED) is 0.546. The molecule has 2 aromatic carbocycles. The molecule has 0 radical (unpaired) electrons. The third-order valence-corrected chi connectivity index (χ3v) is 7.28. The Bertz CT molecular complexity index is 1150. The molecule has 3 aromatic rings. The Morgan fingerprint density at radius 2 is 1.76 bits per heavy atom. The number of nitrogens with zero attached hydrogens (tertiary/aromatic N) is 3. The maximum absolute atomic E-state index is 13.2. The topological polar surface area (TPSA) is 74.8 Å². The van der Waals surface area contributed by atoms with E-state index in [9.17, 15) is 12.8 Å². The second-order valence-corrected chi connectivity index (χ2v) is 9.57. The van der Waals surface area contributed by atoms with Gasteiger partial charge in [0.1, 0.15) is 11.6 Å². The van der Waals surface area contributed by atoms with Crippen LogP contribution in [0.5, 0.6) is 5.75 Å². The Morgan fingerprint density at radius 3 is 2.42 bits per heavy atom. The van der Waals surface area contributed by atoms with Crippen molar-refractivity contribution in [2.45, 2.75) is 10.9 Å². The van der Waals surface area contributed by atoms with Gasteiger partial charge in [0.15, 0.2) is 0 Å². The van der Waals surface area contributed by atoms with Gasteiger partial charge in [0.25, 0.3) is 0 Å². The number of nitrogens with one attached hydrogen (secondary N) is 1. The minimum absolute atomic E-state index is 0.0369. The number of halogens is 1. The first-order valence-corrected chi connectivity index (χ1v) is 12.2. The molecule has 1 atom stereocenters. The fraction of sp³-hybridized carbons (Fsp3) is 0.292. The van der Waals surface area contributed by atoms with Crippen molar-refractivity contribution >= 4 is 15.7 Å². The highest BCUT2D eigenvalue weighted by molar-refractivity contribution is 7.89. The van der Waals surface area contributed by atoms with Crippen LogP contribution in [0.1, 0.15) is 11.6 Å². The number of sulfonamides is 1. The van der Waals surface area contributed by atoms with Crippen LogP contribution in [-0.4, -0.2) is 58.1 Å². The van der Waals surface area contributed by atoms with Crippen LogP contribution in [0.4, 0.5) is 10.1 Å². The summed E-state index contributed by atoms with van der Waals surface area (Å²) < 4.78 is 47.0. The number of piperazine rings is 1. The largest absolute Gasteiger partial charge is 0.495 e. The minimum atomic E-state index is -3.77. The summed E-state index contributed by atoms with van der Waals surface area (Å²) in [5.74, 6) is 0.358. The van der Waals surface area contributed by atoms with Crippen molar-refractivity contribution in [2.75, 3.05) is 44.7 Å². The SMILES string of the molecule is COc1ccccc1N1CCN([C@H](CNS(=O)(=O)c2ccc(F)cc2)c2cccnc2)CC1. The molecule has 4 rings (SSSR count). The monoisotopic (exact) mass is 470 g/mol. The summed E-state index contributed by atoms with van der Waals surface area (Å²) in [5.41, 5.74) is 1.99. The lowest BCUT2D eigenvalue weighted by Crippen LogP contribution is -2.50. The van der Waals surface area contributed by atoms with Gasteiger partial charge in [-0.25, -0.2) is 17.5 Å². The van der Waals surface area contributed by atoms with Gasteiger partial charge in [-0.1, -0.05) is 18.2 Å². The maximum atomic E-state index is 13.2. The molecular formula is C24H27FN4O3S. The van der Waals surface area contributed by atoms with Crippen LogP contribution >= 0.6 is 0 Å². The van der Waals surface area contributed by atoms with Gasteiger partial charge in [-0.3, -0.25) is 9.88 Å². The van der Waals surface area contributed by atoms with E-state index < -0.39 is 15.8 Å². The van der Waals surface area contributed by atoms with Crippen LogP contribution in [-0.2, 0) is 10.0 Å². The van der Waals surface area contributed by atoms with Crippen molar-refractivity contribution in [3.8, 4) is 5.75 Å². The third kappa shape index (κ3) is 5.50. The molecule has 1 aliphatic heterocycles. The Morgan fingerprint density at radius 1 is 1.03 bits per heavy atom. The Labute approximate surface area is 193 Å². The molecule has 9 heteroatoms. The number of hydrogen-bond acceptors (Lipinski definition) is 6. The van der Waals surface area contributed by atoms with Crippen molar-refractivity contribution in [3.05, 3.63) is 84.4 Å². The molecule has 1 fully saturated rings. The molecule has 174 valence electrons. The van der Waals surface area contributed by atoms with Gasteiger partial charge in [0, 0.05) is 45.1 Å². The molecule has 1 N–H and O–H groups in total. The second kappa shape index (κ2) is 10.3. The fourth-order valence-corrected chi connectivity index (χ4v) is 5.12. The molecular weight excluding hydrogens is 443 g/mol. The zero-order valence-electron chi connectivity index (χ0n) is 18.4. The summed E-state index contributed by atoms with van der Waals surface area (Å²) in [6, 6.07) is 16.4. The number of anilines is 1. The number of rotatable bonds is 8. The molecule has 7 nitrogen and oxygen atoms in total. The number of ether oxygens (including phenoxy) is 1. The molecule has 1 saturated heterocycles. The number of methoxy groups -OCH3 is 1. The molecule has 33 heavy (non-hydrogen) atoms.